The van der Waals surface area contributed by atoms with Gasteiger partial charge in [0, 0.05) is 44.6 Å². The number of rotatable bonds is 8. The summed E-state index contributed by atoms with van der Waals surface area (Å²) in [5.41, 5.74) is 25.8. The van der Waals surface area contributed by atoms with Gasteiger partial charge < -0.3 is 14.4 Å². The maximum absolute atomic E-state index is 2.63. The Balaban J connectivity index is 1.03. The summed E-state index contributed by atoms with van der Waals surface area (Å²) >= 11 is 0. The van der Waals surface area contributed by atoms with Crippen LogP contribution in [0.2, 0.25) is 0 Å². The lowest BCUT2D eigenvalue weighted by atomic mass is 9.33. The molecular weight excluding hydrogens is 1010 g/mol. The molecule has 0 bridgehead atoms. The number of nitrogens with zero attached hydrogens (tertiary/aromatic N) is 3. The average Bonchev–Trinajstić information content (AvgIpc) is 0.844. The highest BCUT2D eigenvalue weighted by Crippen LogP contribution is 2.52. The SMILES string of the molecule is c1ccc(-c2ccc3c(c2)N(c2ccccc2-c2ccccc2)c2cc(-n4c5ccccc5c5ccccc54)cc4c2B3c2ccc(-c3c5ccccc5c(-c5ccccc5)c5ccccc35)cc2N4c2ccccc2-c2ccccc2)cc1. The molecule has 0 amide bonds. The summed E-state index contributed by atoms with van der Waals surface area (Å²) in [5, 5.41) is 7.36. The van der Waals surface area contributed by atoms with Gasteiger partial charge in [0.05, 0.1) is 28.1 Å². The van der Waals surface area contributed by atoms with Gasteiger partial charge in [0.15, 0.2) is 0 Å². The molecule has 3 nitrogen and oxygen atoms in total. The van der Waals surface area contributed by atoms with Crippen LogP contribution in [-0.4, -0.2) is 11.3 Å². The lowest BCUT2D eigenvalue weighted by molar-refractivity contribution is 1.16. The van der Waals surface area contributed by atoms with Crippen molar-refractivity contribution in [3.63, 3.8) is 0 Å². The van der Waals surface area contributed by atoms with Gasteiger partial charge in [-0.15, -0.1) is 0 Å². The van der Waals surface area contributed by atoms with Gasteiger partial charge in [-0.1, -0.05) is 267 Å². The molecule has 0 saturated heterocycles. The molecule has 0 saturated carbocycles. The number of benzene rings is 14. The fourth-order valence-corrected chi connectivity index (χ4v) is 14.2. The van der Waals surface area contributed by atoms with Crippen LogP contribution in [0, 0.1) is 0 Å². The minimum Gasteiger partial charge on any atom is -0.311 e. The van der Waals surface area contributed by atoms with Crippen LogP contribution >= 0.6 is 0 Å². The van der Waals surface area contributed by atoms with E-state index < -0.39 is 0 Å². The van der Waals surface area contributed by atoms with Gasteiger partial charge in [-0.2, -0.15) is 0 Å². The molecular formula is C80H52BN3. The fourth-order valence-electron chi connectivity index (χ4n) is 14.2. The third kappa shape index (κ3) is 7.40. The maximum atomic E-state index is 2.63. The molecule has 84 heavy (non-hydrogen) atoms. The minimum absolute atomic E-state index is 0.153. The minimum atomic E-state index is -0.153. The summed E-state index contributed by atoms with van der Waals surface area (Å²) in [5.74, 6) is 0. The van der Waals surface area contributed by atoms with E-state index in [0.29, 0.717) is 0 Å². The van der Waals surface area contributed by atoms with Crippen molar-refractivity contribution < 1.29 is 0 Å². The molecule has 4 heteroatoms. The van der Waals surface area contributed by atoms with E-state index in [9.17, 15) is 0 Å². The van der Waals surface area contributed by atoms with E-state index in [2.05, 4.69) is 330 Å². The molecule has 0 radical (unpaired) electrons. The number of aromatic nitrogens is 1. The highest BCUT2D eigenvalue weighted by molar-refractivity contribution is 7.00. The zero-order chi connectivity index (χ0) is 55.2. The van der Waals surface area contributed by atoms with Crippen molar-refractivity contribution in [1.29, 1.82) is 0 Å². The predicted octanol–water partition coefficient (Wildman–Crippen LogP) is 19.5. The molecule has 1 aromatic heterocycles. The second kappa shape index (κ2) is 19.4. The van der Waals surface area contributed by atoms with E-state index in [1.54, 1.807) is 0 Å². The van der Waals surface area contributed by atoms with Crippen molar-refractivity contribution in [3.8, 4) is 61.3 Å². The standard InChI is InChI=1S/C80H52BN3/c1-5-25-53(26-6-1)57-45-47-68-74(49-57)83(70-41-21-17-33-60(70)54-27-7-2-8-28-54)76-51-59(82-72-43-23-19-35-62(72)63-36-20-24-44-73(63)82)52-77-80(76)81(68)69-48-46-58(50-75(69)84(77)71-42-22-18-34-61(71)55-29-9-3-10-30-55)79-66-39-15-13-37-64(66)78(56-31-11-4-12-32-56)65-38-14-16-40-67(65)79/h1-52H. The van der Waals surface area contributed by atoms with Gasteiger partial charge in [-0.25, -0.2) is 0 Å². The van der Waals surface area contributed by atoms with Gasteiger partial charge >= 0.3 is 0 Å². The molecule has 0 atom stereocenters. The van der Waals surface area contributed by atoms with Gasteiger partial charge in [-0.05, 0) is 131 Å². The van der Waals surface area contributed by atoms with E-state index in [0.717, 1.165) is 73.1 Å². The monoisotopic (exact) mass is 1070 g/mol. The zero-order valence-electron chi connectivity index (χ0n) is 45.9. The zero-order valence-corrected chi connectivity index (χ0v) is 45.9. The molecule has 0 spiro atoms. The van der Waals surface area contributed by atoms with E-state index >= 15 is 0 Å². The molecule has 390 valence electrons. The lowest BCUT2D eigenvalue weighted by Crippen LogP contribution is -2.61. The molecule has 3 heterocycles. The Morgan fingerprint density at radius 3 is 1.06 bits per heavy atom. The van der Waals surface area contributed by atoms with Crippen molar-refractivity contribution in [2.75, 3.05) is 9.80 Å². The van der Waals surface area contributed by atoms with Gasteiger partial charge in [0.2, 0.25) is 0 Å². The first-order valence-electron chi connectivity index (χ1n) is 29.1. The number of hydrogen-bond acceptors (Lipinski definition) is 2. The lowest BCUT2D eigenvalue weighted by Gasteiger charge is -2.45. The summed E-state index contributed by atoms with van der Waals surface area (Å²) in [4.78, 5) is 5.23. The Kier molecular flexibility index (Phi) is 11.0. The molecule has 0 N–H and O–H groups in total. The fraction of sp³-hybridized carbons (Fsp3) is 0. The Hall–Kier alpha value is -10.9. The quantitative estimate of drug-likeness (QED) is 0.111. The van der Waals surface area contributed by atoms with Crippen molar-refractivity contribution in [2.45, 2.75) is 0 Å². The summed E-state index contributed by atoms with van der Waals surface area (Å²) in [6.45, 7) is -0.153. The van der Waals surface area contributed by atoms with Gasteiger partial charge in [-0.3, -0.25) is 0 Å². The van der Waals surface area contributed by atoms with Crippen LogP contribution in [0.5, 0.6) is 0 Å². The second-order valence-corrected chi connectivity index (χ2v) is 22.3. The number of para-hydroxylation sites is 4. The summed E-state index contributed by atoms with van der Waals surface area (Å²) < 4.78 is 2.51. The normalized spacial score (nSPS) is 12.5. The van der Waals surface area contributed by atoms with Crippen LogP contribution in [0.1, 0.15) is 0 Å². The Morgan fingerprint density at radius 2 is 0.583 bits per heavy atom. The molecule has 17 rings (SSSR count). The van der Waals surface area contributed by atoms with E-state index in [-0.39, 0.29) is 6.71 Å². The van der Waals surface area contributed by atoms with Crippen molar-refractivity contribution in [3.05, 3.63) is 315 Å². The van der Waals surface area contributed by atoms with E-state index in [1.165, 1.54) is 82.1 Å². The molecule has 2 aliphatic rings. The molecule has 0 unspecified atom stereocenters. The summed E-state index contributed by atoms with van der Waals surface area (Å²) in [6, 6.07) is 117. The first kappa shape index (κ1) is 47.8. The van der Waals surface area contributed by atoms with E-state index in [1.807, 2.05) is 0 Å². The largest absolute Gasteiger partial charge is 0.311 e. The average molecular weight is 1070 g/mol. The Morgan fingerprint density at radius 1 is 0.226 bits per heavy atom. The van der Waals surface area contributed by atoms with Crippen LogP contribution < -0.4 is 26.2 Å². The Labute approximate surface area is 488 Å². The number of fused-ring (bicyclic) bond motifs is 9. The highest BCUT2D eigenvalue weighted by atomic mass is 15.2. The maximum Gasteiger partial charge on any atom is 0.252 e. The molecule has 0 fully saturated rings. The molecule has 14 aromatic carbocycles. The second-order valence-electron chi connectivity index (χ2n) is 22.3. The van der Waals surface area contributed by atoms with Crippen LogP contribution in [0.4, 0.5) is 34.1 Å². The summed E-state index contributed by atoms with van der Waals surface area (Å²) in [6.07, 6.45) is 0. The van der Waals surface area contributed by atoms with Crippen LogP contribution in [0.3, 0.4) is 0 Å². The van der Waals surface area contributed by atoms with Crippen LogP contribution in [-0.2, 0) is 0 Å². The number of hydrogen-bond donors (Lipinski definition) is 0. The topological polar surface area (TPSA) is 11.4 Å². The van der Waals surface area contributed by atoms with Crippen molar-refractivity contribution >= 4 is 101 Å². The van der Waals surface area contributed by atoms with Crippen LogP contribution in [0.15, 0.2) is 315 Å². The summed E-state index contributed by atoms with van der Waals surface area (Å²) in [7, 11) is 0. The smallest absolute Gasteiger partial charge is 0.252 e. The Bertz CT molecular complexity index is 4980. The molecule has 2 aliphatic heterocycles. The number of anilines is 6. The highest BCUT2D eigenvalue weighted by Gasteiger charge is 2.45. The van der Waals surface area contributed by atoms with E-state index in [4.69, 9.17) is 0 Å². The van der Waals surface area contributed by atoms with Crippen molar-refractivity contribution in [2.24, 2.45) is 0 Å². The molecule has 0 aliphatic carbocycles. The van der Waals surface area contributed by atoms with Gasteiger partial charge in [0.25, 0.3) is 6.71 Å². The van der Waals surface area contributed by atoms with Crippen molar-refractivity contribution in [1.82, 2.24) is 4.57 Å². The third-order valence-corrected chi connectivity index (χ3v) is 17.7. The van der Waals surface area contributed by atoms with Gasteiger partial charge in [0.1, 0.15) is 0 Å². The first-order valence-corrected chi connectivity index (χ1v) is 29.1. The third-order valence-electron chi connectivity index (χ3n) is 17.7. The first-order chi connectivity index (χ1) is 41.7. The molecule has 15 aromatic rings. The predicted molar refractivity (Wildman–Crippen MR) is 357 cm³/mol. The van der Waals surface area contributed by atoms with Crippen LogP contribution in [0.25, 0.3) is 105 Å².